The van der Waals surface area contributed by atoms with Crippen molar-refractivity contribution in [1.29, 1.82) is 0 Å². The molecule has 1 aromatic carbocycles. The van der Waals surface area contributed by atoms with E-state index in [1.165, 1.54) is 0 Å². The van der Waals surface area contributed by atoms with E-state index in [0.29, 0.717) is 18.9 Å². The highest BCUT2D eigenvalue weighted by molar-refractivity contribution is 5.85. The number of hydrogen-bond acceptors (Lipinski definition) is 4. The minimum absolute atomic E-state index is 0. The number of para-hydroxylation sites is 1. The number of benzene rings is 1. The summed E-state index contributed by atoms with van der Waals surface area (Å²) in [4.78, 5) is 15.3. The molecule has 1 atom stereocenters. The number of nitrogens with zero attached hydrogens (tertiary/aromatic N) is 3. The lowest BCUT2D eigenvalue weighted by Crippen LogP contribution is -2.49. The van der Waals surface area contributed by atoms with Crippen LogP contribution in [0.1, 0.15) is 42.4 Å². The summed E-state index contributed by atoms with van der Waals surface area (Å²) in [7, 11) is 1.68. The molecule has 1 N–H and O–H groups in total. The summed E-state index contributed by atoms with van der Waals surface area (Å²) in [6.07, 6.45) is 0.390. The fourth-order valence-corrected chi connectivity index (χ4v) is 3.99. The van der Waals surface area contributed by atoms with Crippen LogP contribution >= 0.6 is 12.4 Å². The Kier molecular flexibility index (Phi) is 8.11. The van der Waals surface area contributed by atoms with E-state index in [2.05, 4.69) is 31.2 Å². The third kappa shape index (κ3) is 5.11. The van der Waals surface area contributed by atoms with Gasteiger partial charge in [-0.1, -0.05) is 32.0 Å². The molecule has 0 saturated carbocycles. The zero-order valence-corrected chi connectivity index (χ0v) is 18.9. The van der Waals surface area contributed by atoms with Gasteiger partial charge >= 0.3 is 0 Å². The maximum atomic E-state index is 13.3. The maximum absolute atomic E-state index is 13.3. The Labute approximate surface area is 180 Å². The van der Waals surface area contributed by atoms with E-state index in [9.17, 15) is 4.79 Å². The highest BCUT2D eigenvalue weighted by Crippen LogP contribution is 2.31. The van der Waals surface area contributed by atoms with Gasteiger partial charge in [0.25, 0.3) is 0 Å². The van der Waals surface area contributed by atoms with Gasteiger partial charge in [-0.15, -0.1) is 12.4 Å². The van der Waals surface area contributed by atoms with Gasteiger partial charge in [0, 0.05) is 43.0 Å². The van der Waals surface area contributed by atoms with Crippen LogP contribution in [0.2, 0.25) is 0 Å². The highest BCUT2D eigenvalue weighted by Gasteiger charge is 2.30. The van der Waals surface area contributed by atoms with Crippen molar-refractivity contribution in [1.82, 2.24) is 20.0 Å². The number of nitrogens with one attached hydrogen (secondary N) is 1. The van der Waals surface area contributed by atoms with Crippen LogP contribution in [0, 0.1) is 19.8 Å². The molecular weight excluding hydrogens is 388 g/mol. The van der Waals surface area contributed by atoms with Gasteiger partial charge in [-0.25, -0.2) is 0 Å². The fourth-order valence-electron chi connectivity index (χ4n) is 3.99. The van der Waals surface area contributed by atoms with Crippen molar-refractivity contribution in [2.75, 3.05) is 26.7 Å². The zero-order valence-electron chi connectivity index (χ0n) is 18.1. The fraction of sp³-hybridized carbons (Fsp3) is 0.545. The summed E-state index contributed by atoms with van der Waals surface area (Å²) in [5.74, 6) is 1.49. The first kappa shape index (κ1) is 23.2. The van der Waals surface area contributed by atoms with E-state index in [1.807, 2.05) is 40.8 Å². The number of rotatable bonds is 6. The summed E-state index contributed by atoms with van der Waals surface area (Å²) < 4.78 is 7.58. The number of piperazine rings is 1. The molecule has 1 aromatic heterocycles. The number of halogens is 1. The number of carbonyl (C=O) groups is 1. The van der Waals surface area contributed by atoms with E-state index in [4.69, 9.17) is 4.74 Å². The van der Waals surface area contributed by atoms with Crippen molar-refractivity contribution in [3.05, 3.63) is 46.8 Å². The largest absolute Gasteiger partial charge is 0.496 e. The van der Waals surface area contributed by atoms with Crippen LogP contribution in [0.4, 0.5) is 0 Å². The Morgan fingerprint density at radius 3 is 2.72 bits per heavy atom. The third-order valence-corrected chi connectivity index (χ3v) is 5.46. The monoisotopic (exact) mass is 420 g/mol. The number of aryl methyl sites for hydroxylation is 1. The quantitative estimate of drug-likeness (QED) is 0.778. The first-order chi connectivity index (χ1) is 13.4. The molecule has 1 saturated heterocycles. The van der Waals surface area contributed by atoms with Gasteiger partial charge in [0.1, 0.15) is 5.75 Å². The predicted octanol–water partition coefficient (Wildman–Crippen LogP) is 3.30. The molecule has 2 aromatic rings. The Morgan fingerprint density at radius 2 is 2.03 bits per heavy atom. The van der Waals surface area contributed by atoms with Crippen molar-refractivity contribution in [2.24, 2.45) is 5.92 Å². The van der Waals surface area contributed by atoms with Crippen molar-refractivity contribution in [2.45, 2.75) is 46.7 Å². The summed E-state index contributed by atoms with van der Waals surface area (Å²) in [5.41, 5.74) is 4.16. The second-order valence-corrected chi connectivity index (χ2v) is 7.95. The number of methoxy groups -OCH3 is 1. The predicted molar refractivity (Wildman–Crippen MR) is 118 cm³/mol. The van der Waals surface area contributed by atoms with Crippen LogP contribution in [-0.2, 0) is 17.8 Å². The van der Waals surface area contributed by atoms with E-state index >= 15 is 0 Å². The summed E-state index contributed by atoms with van der Waals surface area (Å²) >= 11 is 0. The molecule has 2 heterocycles. The van der Waals surface area contributed by atoms with Crippen LogP contribution in [-0.4, -0.2) is 47.3 Å². The van der Waals surface area contributed by atoms with Crippen LogP contribution in [0.3, 0.4) is 0 Å². The molecule has 1 unspecified atom stereocenters. The normalized spacial score (nSPS) is 16.6. The van der Waals surface area contributed by atoms with E-state index < -0.39 is 0 Å². The summed E-state index contributed by atoms with van der Waals surface area (Å²) in [6.45, 7) is 11.5. The van der Waals surface area contributed by atoms with E-state index in [-0.39, 0.29) is 24.4 Å². The van der Waals surface area contributed by atoms with Gasteiger partial charge in [-0.3, -0.25) is 9.48 Å². The first-order valence-corrected chi connectivity index (χ1v) is 10.1. The number of carbonyl (C=O) groups excluding carboxylic acids is 1. The maximum Gasteiger partial charge on any atom is 0.227 e. The van der Waals surface area contributed by atoms with Crippen LogP contribution in [0.15, 0.2) is 24.3 Å². The second-order valence-electron chi connectivity index (χ2n) is 7.95. The van der Waals surface area contributed by atoms with Crippen molar-refractivity contribution >= 4 is 18.3 Å². The standard InChI is InChI=1S/C22H32N4O2.ClH/c1-15(2)14-26-17(4)19(16(3)24-26)12-22(27)25-11-10-23-13-20(25)18-8-6-7-9-21(18)28-5;/h6-9,15,20,23H,10-14H2,1-5H3;1H. The average Bonchev–Trinajstić information content (AvgIpc) is 2.94. The number of amides is 1. The van der Waals surface area contributed by atoms with E-state index in [0.717, 1.165) is 47.9 Å². The van der Waals surface area contributed by atoms with Crippen LogP contribution in [0.25, 0.3) is 0 Å². The molecule has 1 fully saturated rings. The lowest BCUT2D eigenvalue weighted by atomic mass is 10.0. The molecule has 3 rings (SSSR count). The Hall–Kier alpha value is -2.05. The SMILES string of the molecule is COc1ccccc1C1CNCCN1C(=O)Cc1c(C)nn(CC(C)C)c1C.Cl. The summed E-state index contributed by atoms with van der Waals surface area (Å²) in [5, 5.41) is 8.08. The molecule has 0 bridgehead atoms. The van der Waals surface area contributed by atoms with Gasteiger partial charge in [0.05, 0.1) is 25.3 Å². The minimum Gasteiger partial charge on any atom is -0.496 e. The number of ether oxygens (including phenoxy) is 1. The lowest BCUT2D eigenvalue weighted by molar-refractivity contribution is -0.133. The van der Waals surface area contributed by atoms with Crippen LogP contribution < -0.4 is 10.1 Å². The first-order valence-electron chi connectivity index (χ1n) is 10.1. The van der Waals surface area contributed by atoms with Gasteiger partial charge in [0.15, 0.2) is 0 Å². The molecule has 1 aliphatic rings. The van der Waals surface area contributed by atoms with Gasteiger partial charge in [-0.2, -0.15) is 5.10 Å². The Morgan fingerprint density at radius 1 is 1.31 bits per heavy atom. The smallest absolute Gasteiger partial charge is 0.227 e. The molecule has 7 heteroatoms. The molecule has 6 nitrogen and oxygen atoms in total. The third-order valence-electron chi connectivity index (χ3n) is 5.46. The highest BCUT2D eigenvalue weighted by atomic mass is 35.5. The molecular formula is C22H33ClN4O2. The van der Waals surface area contributed by atoms with E-state index in [1.54, 1.807) is 7.11 Å². The molecule has 1 aliphatic heterocycles. The molecule has 1 amide bonds. The van der Waals surface area contributed by atoms with Gasteiger partial charge < -0.3 is 15.0 Å². The lowest BCUT2D eigenvalue weighted by Gasteiger charge is -2.37. The second kappa shape index (κ2) is 10.1. The number of hydrogen-bond donors (Lipinski definition) is 1. The molecule has 0 radical (unpaired) electrons. The molecule has 29 heavy (non-hydrogen) atoms. The van der Waals surface area contributed by atoms with Crippen molar-refractivity contribution in [3.8, 4) is 5.75 Å². The Balaban J connectivity index is 0.00000300. The molecule has 0 spiro atoms. The van der Waals surface area contributed by atoms with Crippen molar-refractivity contribution in [3.63, 3.8) is 0 Å². The van der Waals surface area contributed by atoms with Crippen molar-refractivity contribution < 1.29 is 9.53 Å². The molecule has 160 valence electrons. The van der Waals surface area contributed by atoms with Crippen LogP contribution in [0.5, 0.6) is 5.75 Å². The number of aromatic nitrogens is 2. The zero-order chi connectivity index (χ0) is 20.3. The minimum atomic E-state index is -0.0243. The molecule has 0 aliphatic carbocycles. The van der Waals surface area contributed by atoms with Gasteiger partial charge in [-0.05, 0) is 25.8 Å². The van der Waals surface area contributed by atoms with Gasteiger partial charge in [0.2, 0.25) is 5.91 Å². The Bertz CT molecular complexity index is 834. The average molecular weight is 421 g/mol. The summed E-state index contributed by atoms with van der Waals surface area (Å²) in [6, 6.07) is 7.94. The topological polar surface area (TPSA) is 59.4 Å².